The van der Waals surface area contributed by atoms with Gasteiger partial charge in [0.1, 0.15) is 0 Å². The maximum absolute atomic E-state index is 13.0. The van der Waals surface area contributed by atoms with Crippen LogP contribution in [0.15, 0.2) is 52.9 Å². The highest BCUT2D eigenvalue weighted by Gasteiger charge is 2.33. The number of aryl methyl sites for hydroxylation is 1. The summed E-state index contributed by atoms with van der Waals surface area (Å²) in [5.41, 5.74) is 0.862. The number of hydrogen-bond donors (Lipinski definition) is 1. The average molecular weight is 409 g/mol. The van der Waals surface area contributed by atoms with Crippen LogP contribution in [0.25, 0.3) is 11.4 Å². The van der Waals surface area contributed by atoms with E-state index in [9.17, 15) is 18.0 Å². The Hall–Kier alpha value is -2.39. The monoisotopic (exact) mass is 409 g/mol. The third-order valence-corrected chi connectivity index (χ3v) is 5.38. The molecule has 0 bridgehead atoms. The first-order valence-corrected chi connectivity index (χ1v) is 9.58. The highest BCUT2D eigenvalue weighted by Crippen LogP contribution is 2.34. The maximum atomic E-state index is 13.0. The van der Waals surface area contributed by atoms with Crippen LogP contribution in [0.3, 0.4) is 0 Å². The van der Waals surface area contributed by atoms with Crippen molar-refractivity contribution in [1.29, 1.82) is 0 Å². The van der Waals surface area contributed by atoms with Crippen LogP contribution in [0.5, 0.6) is 0 Å². The van der Waals surface area contributed by atoms with E-state index in [1.54, 1.807) is 0 Å². The second-order valence-corrected chi connectivity index (χ2v) is 7.60. The fourth-order valence-electron chi connectivity index (χ4n) is 2.24. The third-order valence-electron chi connectivity index (χ3n) is 3.55. The molecule has 1 amide bonds. The fourth-order valence-corrected chi connectivity index (χ4v) is 3.66. The predicted molar refractivity (Wildman–Crippen MR) is 101 cm³/mol. The number of para-hydroxylation sites is 1. The molecule has 1 N–H and O–H groups in total. The molecular formula is C18H14F3N3OS2. The summed E-state index contributed by atoms with van der Waals surface area (Å²) < 4.78 is 43.7. The summed E-state index contributed by atoms with van der Waals surface area (Å²) in [6, 6.07) is 12.6. The number of carbonyl (C=O) groups excluding carboxylic acids is 1. The zero-order valence-electron chi connectivity index (χ0n) is 14.1. The van der Waals surface area contributed by atoms with Crippen LogP contribution in [-0.2, 0) is 11.0 Å². The minimum Gasteiger partial charge on any atom is -0.325 e. The second-order valence-electron chi connectivity index (χ2n) is 5.63. The van der Waals surface area contributed by atoms with Gasteiger partial charge in [-0.25, -0.2) is 4.98 Å². The van der Waals surface area contributed by atoms with Crippen molar-refractivity contribution < 1.29 is 18.0 Å². The van der Waals surface area contributed by atoms with Gasteiger partial charge in [-0.1, -0.05) is 53.7 Å². The van der Waals surface area contributed by atoms with Gasteiger partial charge in [0.05, 0.1) is 17.0 Å². The number of halogens is 3. The van der Waals surface area contributed by atoms with Crippen LogP contribution in [-0.4, -0.2) is 21.0 Å². The number of thioether (sulfide) groups is 1. The van der Waals surface area contributed by atoms with Crippen LogP contribution < -0.4 is 5.32 Å². The zero-order valence-corrected chi connectivity index (χ0v) is 15.7. The quantitative estimate of drug-likeness (QED) is 0.584. The van der Waals surface area contributed by atoms with Crippen LogP contribution in [0, 0.1) is 6.92 Å². The largest absolute Gasteiger partial charge is 0.418 e. The molecule has 0 fully saturated rings. The Balaban J connectivity index is 1.61. The minimum absolute atomic E-state index is 0.0608. The summed E-state index contributed by atoms with van der Waals surface area (Å²) in [7, 11) is 0. The lowest BCUT2D eigenvalue weighted by atomic mass is 10.1. The summed E-state index contributed by atoms with van der Waals surface area (Å²) in [4.78, 5) is 16.4. The molecular weight excluding hydrogens is 395 g/mol. The highest BCUT2D eigenvalue weighted by atomic mass is 32.2. The molecule has 0 atom stereocenters. The van der Waals surface area contributed by atoms with Crippen LogP contribution >= 0.6 is 23.3 Å². The Labute approximate surface area is 162 Å². The summed E-state index contributed by atoms with van der Waals surface area (Å²) in [6.07, 6.45) is -4.53. The molecule has 0 spiro atoms. The van der Waals surface area contributed by atoms with Crippen LogP contribution in [0.2, 0.25) is 0 Å². The van der Waals surface area contributed by atoms with E-state index in [4.69, 9.17) is 0 Å². The molecule has 140 valence electrons. The van der Waals surface area contributed by atoms with E-state index in [-0.39, 0.29) is 11.4 Å². The number of rotatable bonds is 5. The molecule has 3 rings (SSSR count). The molecule has 0 aliphatic carbocycles. The maximum Gasteiger partial charge on any atom is 0.418 e. The van der Waals surface area contributed by atoms with E-state index in [1.807, 2.05) is 31.2 Å². The highest BCUT2D eigenvalue weighted by molar-refractivity contribution is 8.01. The average Bonchev–Trinajstić information content (AvgIpc) is 3.09. The molecule has 27 heavy (non-hydrogen) atoms. The Kier molecular flexibility index (Phi) is 5.81. The van der Waals surface area contributed by atoms with Crippen molar-refractivity contribution in [2.75, 3.05) is 11.1 Å². The molecule has 0 aliphatic rings. The number of aromatic nitrogens is 2. The van der Waals surface area contributed by atoms with Gasteiger partial charge < -0.3 is 5.32 Å². The van der Waals surface area contributed by atoms with Gasteiger partial charge in [-0.2, -0.15) is 17.5 Å². The molecule has 9 heteroatoms. The van der Waals surface area contributed by atoms with Gasteiger partial charge in [0, 0.05) is 5.56 Å². The van der Waals surface area contributed by atoms with E-state index in [0.717, 1.165) is 40.5 Å². The summed E-state index contributed by atoms with van der Waals surface area (Å²) in [5, 5.41) is 2.31. The lowest BCUT2D eigenvalue weighted by Gasteiger charge is -2.13. The predicted octanol–water partition coefficient (Wildman–Crippen LogP) is 5.26. The Morgan fingerprint density at radius 1 is 1.15 bits per heavy atom. The number of amides is 1. The van der Waals surface area contributed by atoms with Gasteiger partial charge in [0.2, 0.25) is 5.91 Å². The smallest absolute Gasteiger partial charge is 0.325 e. The van der Waals surface area contributed by atoms with Crippen molar-refractivity contribution in [3.05, 3.63) is 59.7 Å². The molecule has 0 radical (unpaired) electrons. The Morgan fingerprint density at radius 3 is 2.56 bits per heavy atom. The fraction of sp³-hybridized carbons (Fsp3) is 0.167. The first-order chi connectivity index (χ1) is 12.8. The summed E-state index contributed by atoms with van der Waals surface area (Å²) in [5.74, 6) is -0.0385. The normalized spacial score (nSPS) is 11.4. The lowest BCUT2D eigenvalue weighted by molar-refractivity contribution is -0.137. The van der Waals surface area contributed by atoms with E-state index >= 15 is 0 Å². The number of alkyl halides is 3. The number of benzene rings is 2. The number of anilines is 1. The Bertz CT molecular complexity index is 940. The summed E-state index contributed by atoms with van der Waals surface area (Å²) in [6.45, 7) is 1.98. The Morgan fingerprint density at radius 2 is 1.85 bits per heavy atom. The standard InChI is InChI=1S/C18H14F3N3OS2/c1-11-6-8-12(9-7-11)16-23-17(27-24-16)26-10-15(25)22-14-5-3-2-4-13(14)18(19,20)21/h2-9H,10H2,1H3,(H,22,25). The first kappa shape index (κ1) is 19.4. The zero-order chi connectivity index (χ0) is 19.4. The summed E-state index contributed by atoms with van der Waals surface area (Å²) >= 11 is 2.28. The van der Waals surface area contributed by atoms with Gasteiger partial charge in [-0.05, 0) is 30.6 Å². The SMILES string of the molecule is Cc1ccc(-c2nsc(SCC(=O)Nc3ccccc3C(F)(F)F)n2)cc1. The van der Waals surface area contributed by atoms with Crippen molar-refractivity contribution in [2.24, 2.45) is 0 Å². The number of carbonyl (C=O) groups is 1. The first-order valence-electron chi connectivity index (χ1n) is 7.82. The van der Waals surface area contributed by atoms with Crippen molar-refractivity contribution in [3.8, 4) is 11.4 Å². The van der Waals surface area contributed by atoms with E-state index in [1.165, 1.54) is 18.2 Å². The minimum atomic E-state index is -4.53. The number of hydrogen-bond acceptors (Lipinski definition) is 5. The van der Waals surface area contributed by atoms with Gasteiger partial charge in [-0.15, -0.1) is 0 Å². The molecule has 2 aromatic carbocycles. The van der Waals surface area contributed by atoms with Crippen LogP contribution in [0.1, 0.15) is 11.1 Å². The van der Waals surface area contributed by atoms with Crippen molar-refractivity contribution in [2.45, 2.75) is 17.4 Å². The van der Waals surface area contributed by atoms with Gasteiger partial charge >= 0.3 is 6.18 Å². The molecule has 0 aliphatic heterocycles. The molecule has 3 aromatic rings. The number of nitrogens with zero attached hydrogens (tertiary/aromatic N) is 2. The molecule has 1 aromatic heterocycles. The van der Waals surface area contributed by atoms with Crippen molar-refractivity contribution in [1.82, 2.24) is 9.36 Å². The molecule has 0 saturated carbocycles. The molecule has 0 unspecified atom stereocenters. The van der Waals surface area contributed by atoms with E-state index in [2.05, 4.69) is 14.7 Å². The van der Waals surface area contributed by atoms with E-state index in [0.29, 0.717) is 10.2 Å². The third kappa shape index (κ3) is 5.08. The van der Waals surface area contributed by atoms with Crippen molar-refractivity contribution >= 4 is 34.9 Å². The molecule has 4 nitrogen and oxygen atoms in total. The lowest BCUT2D eigenvalue weighted by Crippen LogP contribution is -2.18. The second kappa shape index (κ2) is 8.10. The van der Waals surface area contributed by atoms with Gasteiger partial charge in [0.15, 0.2) is 10.2 Å². The molecule has 1 heterocycles. The topological polar surface area (TPSA) is 54.9 Å². The van der Waals surface area contributed by atoms with Gasteiger partial charge in [-0.3, -0.25) is 4.79 Å². The van der Waals surface area contributed by atoms with Crippen molar-refractivity contribution in [3.63, 3.8) is 0 Å². The molecule has 0 saturated heterocycles. The van der Waals surface area contributed by atoms with Crippen LogP contribution in [0.4, 0.5) is 18.9 Å². The van der Waals surface area contributed by atoms with E-state index < -0.39 is 17.6 Å². The van der Waals surface area contributed by atoms with Gasteiger partial charge in [0.25, 0.3) is 0 Å². The number of nitrogens with one attached hydrogen (secondary N) is 1.